The predicted octanol–water partition coefficient (Wildman–Crippen LogP) is 3.45. The van der Waals surface area contributed by atoms with E-state index < -0.39 is 5.97 Å². The van der Waals surface area contributed by atoms with Gasteiger partial charge in [-0.15, -0.1) is 0 Å². The standard InChI is InChI=1S/C14H12BrNO2/c15-11-6-7-13(16-9-11)12(8-14(17)18)10-4-2-1-3-5-10/h1-7,9,12H,8H2,(H,17,18). The van der Waals surface area contributed by atoms with Crippen molar-refractivity contribution < 1.29 is 9.90 Å². The molecule has 4 heteroatoms. The molecule has 0 fully saturated rings. The van der Waals surface area contributed by atoms with Gasteiger partial charge in [-0.05, 0) is 33.6 Å². The van der Waals surface area contributed by atoms with E-state index in [0.717, 1.165) is 15.7 Å². The summed E-state index contributed by atoms with van der Waals surface area (Å²) in [6.07, 6.45) is 1.73. The highest BCUT2D eigenvalue weighted by molar-refractivity contribution is 9.10. The first-order chi connectivity index (χ1) is 8.66. The summed E-state index contributed by atoms with van der Waals surface area (Å²) < 4.78 is 0.883. The van der Waals surface area contributed by atoms with E-state index in [1.165, 1.54) is 0 Å². The van der Waals surface area contributed by atoms with Crippen LogP contribution in [0.3, 0.4) is 0 Å². The number of carboxylic acids is 1. The second-order valence-corrected chi connectivity index (χ2v) is 4.88. The number of carbonyl (C=O) groups is 1. The highest BCUT2D eigenvalue weighted by Crippen LogP contribution is 2.27. The SMILES string of the molecule is O=C(O)CC(c1ccccc1)c1ccc(Br)cn1. The number of aliphatic carboxylic acids is 1. The van der Waals surface area contributed by atoms with Crippen molar-refractivity contribution in [1.82, 2.24) is 4.98 Å². The van der Waals surface area contributed by atoms with Gasteiger partial charge in [0.05, 0.1) is 6.42 Å². The summed E-state index contributed by atoms with van der Waals surface area (Å²) in [4.78, 5) is 15.3. The normalized spacial score (nSPS) is 12.1. The van der Waals surface area contributed by atoms with Gasteiger partial charge in [-0.2, -0.15) is 0 Å². The largest absolute Gasteiger partial charge is 0.481 e. The van der Waals surface area contributed by atoms with Gasteiger partial charge < -0.3 is 5.11 Å². The van der Waals surface area contributed by atoms with Crippen molar-refractivity contribution in [3.63, 3.8) is 0 Å². The topological polar surface area (TPSA) is 50.2 Å². The van der Waals surface area contributed by atoms with Crippen molar-refractivity contribution in [2.24, 2.45) is 0 Å². The first kappa shape index (κ1) is 12.8. The number of aromatic nitrogens is 1. The second-order valence-electron chi connectivity index (χ2n) is 3.96. The molecule has 2 rings (SSSR count). The first-order valence-electron chi connectivity index (χ1n) is 5.55. The minimum atomic E-state index is -0.825. The van der Waals surface area contributed by atoms with Crippen LogP contribution in [-0.4, -0.2) is 16.1 Å². The molecular weight excluding hydrogens is 294 g/mol. The molecule has 0 radical (unpaired) electrons. The molecule has 0 aliphatic heterocycles. The van der Waals surface area contributed by atoms with E-state index in [9.17, 15) is 4.79 Å². The maximum atomic E-state index is 11.0. The van der Waals surface area contributed by atoms with Gasteiger partial charge >= 0.3 is 5.97 Å². The van der Waals surface area contributed by atoms with Gasteiger partial charge in [-0.1, -0.05) is 30.3 Å². The molecule has 0 saturated heterocycles. The smallest absolute Gasteiger partial charge is 0.304 e. The first-order valence-corrected chi connectivity index (χ1v) is 6.34. The van der Waals surface area contributed by atoms with Crippen molar-refractivity contribution in [3.05, 3.63) is 64.4 Å². The third-order valence-corrected chi connectivity index (χ3v) is 3.16. The fourth-order valence-corrected chi connectivity index (χ4v) is 2.08. The van der Waals surface area contributed by atoms with Crippen molar-refractivity contribution in [3.8, 4) is 0 Å². The van der Waals surface area contributed by atoms with E-state index in [1.807, 2.05) is 42.5 Å². The lowest BCUT2D eigenvalue weighted by Crippen LogP contribution is -2.09. The fourth-order valence-electron chi connectivity index (χ4n) is 1.85. The molecule has 1 atom stereocenters. The zero-order valence-electron chi connectivity index (χ0n) is 9.58. The van der Waals surface area contributed by atoms with E-state index in [4.69, 9.17) is 5.11 Å². The summed E-state index contributed by atoms with van der Waals surface area (Å²) >= 11 is 3.32. The van der Waals surface area contributed by atoms with Crippen LogP contribution in [0.25, 0.3) is 0 Å². The number of benzene rings is 1. The third-order valence-electron chi connectivity index (χ3n) is 2.69. The van der Waals surface area contributed by atoms with Crippen molar-refractivity contribution in [2.45, 2.75) is 12.3 Å². The summed E-state index contributed by atoms with van der Waals surface area (Å²) in [5, 5.41) is 9.02. The Hall–Kier alpha value is -1.68. The van der Waals surface area contributed by atoms with E-state index >= 15 is 0 Å². The number of nitrogens with zero attached hydrogens (tertiary/aromatic N) is 1. The van der Waals surface area contributed by atoms with Crippen molar-refractivity contribution in [1.29, 1.82) is 0 Å². The van der Waals surface area contributed by atoms with Crippen LogP contribution in [0.1, 0.15) is 23.6 Å². The number of hydrogen-bond donors (Lipinski definition) is 1. The van der Waals surface area contributed by atoms with Crippen molar-refractivity contribution >= 4 is 21.9 Å². The molecule has 1 aromatic heterocycles. The average molecular weight is 306 g/mol. The zero-order chi connectivity index (χ0) is 13.0. The lowest BCUT2D eigenvalue weighted by Gasteiger charge is -2.14. The monoisotopic (exact) mass is 305 g/mol. The molecule has 92 valence electrons. The van der Waals surface area contributed by atoms with Crippen LogP contribution >= 0.6 is 15.9 Å². The summed E-state index contributed by atoms with van der Waals surface area (Å²) in [5.74, 6) is -1.04. The van der Waals surface area contributed by atoms with E-state index in [0.29, 0.717) is 0 Å². The second kappa shape index (κ2) is 5.78. The molecule has 0 aliphatic rings. The lowest BCUT2D eigenvalue weighted by atomic mass is 9.92. The molecule has 0 spiro atoms. The Morgan fingerprint density at radius 3 is 2.50 bits per heavy atom. The predicted molar refractivity (Wildman–Crippen MR) is 72.5 cm³/mol. The number of pyridine rings is 1. The maximum Gasteiger partial charge on any atom is 0.304 e. The molecule has 1 aromatic carbocycles. The molecular formula is C14H12BrNO2. The molecule has 3 nitrogen and oxygen atoms in total. The number of halogens is 1. The molecule has 1 heterocycles. The molecule has 18 heavy (non-hydrogen) atoms. The number of carboxylic acid groups (broad SMARTS) is 1. The molecule has 1 N–H and O–H groups in total. The van der Waals surface area contributed by atoms with Crippen LogP contribution < -0.4 is 0 Å². The molecule has 2 aromatic rings. The van der Waals surface area contributed by atoms with Crippen LogP contribution in [0, 0.1) is 0 Å². The summed E-state index contributed by atoms with van der Waals surface area (Å²) in [5.41, 5.74) is 1.74. The van der Waals surface area contributed by atoms with E-state index in [2.05, 4.69) is 20.9 Å². The van der Waals surface area contributed by atoms with Crippen LogP contribution in [0.15, 0.2) is 53.1 Å². The fraction of sp³-hybridized carbons (Fsp3) is 0.143. The number of rotatable bonds is 4. The molecule has 0 amide bonds. The van der Waals surface area contributed by atoms with Crippen LogP contribution in [-0.2, 0) is 4.79 Å². The van der Waals surface area contributed by atoms with Gasteiger partial charge in [0.1, 0.15) is 0 Å². The molecule has 0 aliphatic carbocycles. The van der Waals surface area contributed by atoms with Crippen molar-refractivity contribution in [2.75, 3.05) is 0 Å². The molecule has 0 saturated carbocycles. The van der Waals surface area contributed by atoms with Gasteiger partial charge in [-0.3, -0.25) is 9.78 Å². The van der Waals surface area contributed by atoms with Gasteiger partial charge in [0.25, 0.3) is 0 Å². The minimum Gasteiger partial charge on any atom is -0.481 e. The van der Waals surface area contributed by atoms with Gasteiger partial charge in [0, 0.05) is 22.3 Å². The average Bonchev–Trinajstić information content (AvgIpc) is 2.38. The Labute approximate surface area is 114 Å². The Bertz CT molecular complexity index is 525. The zero-order valence-corrected chi connectivity index (χ0v) is 11.2. The Morgan fingerprint density at radius 1 is 1.22 bits per heavy atom. The highest BCUT2D eigenvalue weighted by Gasteiger charge is 2.18. The van der Waals surface area contributed by atoms with Gasteiger partial charge in [0.15, 0.2) is 0 Å². The Morgan fingerprint density at radius 2 is 1.94 bits per heavy atom. The Kier molecular flexibility index (Phi) is 4.10. The summed E-state index contributed by atoms with van der Waals surface area (Å²) in [7, 11) is 0. The van der Waals surface area contributed by atoms with Gasteiger partial charge in [-0.25, -0.2) is 0 Å². The van der Waals surface area contributed by atoms with Gasteiger partial charge in [0.2, 0.25) is 0 Å². The summed E-state index contributed by atoms with van der Waals surface area (Å²) in [6.45, 7) is 0. The lowest BCUT2D eigenvalue weighted by molar-refractivity contribution is -0.137. The minimum absolute atomic E-state index is 0.0403. The Balaban J connectivity index is 2.36. The van der Waals surface area contributed by atoms with Crippen LogP contribution in [0.4, 0.5) is 0 Å². The maximum absolute atomic E-state index is 11.0. The highest BCUT2D eigenvalue weighted by atomic mass is 79.9. The van der Waals surface area contributed by atoms with Crippen LogP contribution in [0.2, 0.25) is 0 Å². The number of hydrogen-bond acceptors (Lipinski definition) is 2. The quantitative estimate of drug-likeness (QED) is 0.941. The summed E-state index contributed by atoms with van der Waals surface area (Å²) in [6, 6.07) is 13.3. The van der Waals surface area contributed by atoms with E-state index in [-0.39, 0.29) is 12.3 Å². The third kappa shape index (κ3) is 3.17. The molecule has 0 bridgehead atoms. The van der Waals surface area contributed by atoms with E-state index in [1.54, 1.807) is 6.20 Å². The van der Waals surface area contributed by atoms with Crippen LogP contribution in [0.5, 0.6) is 0 Å². The molecule has 1 unspecified atom stereocenters.